The van der Waals surface area contributed by atoms with Gasteiger partial charge in [-0.15, -0.1) is 0 Å². The average molecular weight is 256 g/mol. The Hall–Kier alpha value is -0.610. The Bertz CT molecular complexity index is 238. The molecular weight excluding hydrogens is 228 g/mol. The zero-order valence-corrected chi connectivity index (χ0v) is 11.8. The predicted octanol–water partition coefficient (Wildman–Crippen LogP) is 1.53. The number of amides is 1. The molecule has 18 heavy (non-hydrogen) atoms. The van der Waals surface area contributed by atoms with Crippen molar-refractivity contribution in [2.75, 3.05) is 20.1 Å². The minimum absolute atomic E-state index is 0.0444. The summed E-state index contributed by atoms with van der Waals surface area (Å²) in [6.45, 7) is 3.60. The topological polar surface area (TPSA) is 52.6 Å². The molecule has 1 aliphatic heterocycles. The highest BCUT2D eigenvalue weighted by molar-refractivity contribution is 5.81. The third-order valence-corrected chi connectivity index (χ3v) is 3.77. The summed E-state index contributed by atoms with van der Waals surface area (Å²) < 4.78 is 0. The van der Waals surface area contributed by atoms with Crippen LogP contribution in [-0.2, 0) is 4.79 Å². The number of aliphatic hydroxyl groups is 1. The molecule has 0 radical (unpaired) electrons. The molecule has 0 spiro atoms. The predicted molar refractivity (Wildman–Crippen MR) is 73.4 cm³/mol. The van der Waals surface area contributed by atoms with Gasteiger partial charge in [0, 0.05) is 13.1 Å². The molecule has 1 heterocycles. The second-order valence-corrected chi connectivity index (χ2v) is 5.25. The summed E-state index contributed by atoms with van der Waals surface area (Å²) in [5.74, 6) is 0.209. The molecule has 1 rings (SSSR count). The third kappa shape index (κ3) is 4.94. The monoisotopic (exact) mass is 256 g/mol. The number of carbonyl (C=O) groups is 1. The van der Waals surface area contributed by atoms with Crippen LogP contribution in [-0.4, -0.2) is 48.2 Å². The molecule has 0 aliphatic carbocycles. The molecule has 0 aromatic rings. The highest BCUT2D eigenvalue weighted by Gasteiger charge is 2.26. The number of aliphatic hydroxyl groups excluding tert-OH is 1. The summed E-state index contributed by atoms with van der Waals surface area (Å²) in [7, 11) is 1.86. The van der Waals surface area contributed by atoms with Gasteiger partial charge in [0.2, 0.25) is 5.91 Å². The first-order valence-electron chi connectivity index (χ1n) is 7.33. The normalized spacial score (nSPS) is 18.9. The molecule has 0 aromatic heterocycles. The lowest BCUT2D eigenvalue weighted by Gasteiger charge is -2.32. The van der Waals surface area contributed by atoms with Crippen molar-refractivity contribution in [3.8, 4) is 0 Å². The Morgan fingerprint density at radius 1 is 1.33 bits per heavy atom. The first-order chi connectivity index (χ1) is 8.69. The molecule has 0 bridgehead atoms. The van der Waals surface area contributed by atoms with Crippen molar-refractivity contribution in [3.63, 3.8) is 0 Å². The largest absolute Gasteiger partial charge is 0.393 e. The average Bonchev–Trinajstić information content (AvgIpc) is 2.39. The third-order valence-electron chi connectivity index (χ3n) is 3.77. The quantitative estimate of drug-likeness (QED) is 0.679. The molecule has 106 valence electrons. The summed E-state index contributed by atoms with van der Waals surface area (Å²) in [6, 6.07) is -0.0444. The molecule has 0 saturated carbocycles. The Morgan fingerprint density at radius 2 is 2.00 bits per heavy atom. The van der Waals surface area contributed by atoms with Crippen LogP contribution in [0, 0.1) is 0 Å². The fourth-order valence-corrected chi connectivity index (χ4v) is 2.47. The van der Waals surface area contributed by atoms with Gasteiger partial charge in [0.05, 0.1) is 12.1 Å². The van der Waals surface area contributed by atoms with E-state index in [9.17, 15) is 9.90 Å². The molecule has 1 fully saturated rings. The van der Waals surface area contributed by atoms with Crippen molar-refractivity contribution >= 4 is 5.91 Å². The van der Waals surface area contributed by atoms with E-state index in [4.69, 9.17) is 0 Å². The molecule has 1 atom stereocenters. The lowest BCUT2D eigenvalue weighted by atomic mass is 10.0. The fraction of sp³-hybridized carbons (Fsp3) is 0.929. The Balaban J connectivity index is 2.32. The second-order valence-electron chi connectivity index (χ2n) is 5.25. The number of likely N-dealkylation sites (tertiary alicyclic amines) is 1. The van der Waals surface area contributed by atoms with Crippen LogP contribution in [0.1, 0.15) is 51.9 Å². The minimum atomic E-state index is -0.216. The smallest absolute Gasteiger partial charge is 0.239 e. The van der Waals surface area contributed by atoms with Crippen molar-refractivity contribution in [2.45, 2.75) is 64.0 Å². The maximum absolute atomic E-state index is 12.3. The Labute approximate surface area is 111 Å². The molecule has 2 N–H and O–H groups in total. The summed E-state index contributed by atoms with van der Waals surface area (Å²) in [6.07, 6.45) is 6.95. The van der Waals surface area contributed by atoms with Crippen molar-refractivity contribution < 1.29 is 9.90 Å². The highest BCUT2D eigenvalue weighted by Crippen LogP contribution is 2.13. The number of nitrogens with zero attached hydrogens (tertiary/aromatic N) is 1. The van der Waals surface area contributed by atoms with Crippen LogP contribution in [0.15, 0.2) is 0 Å². The van der Waals surface area contributed by atoms with E-state index in [1.807, 2.05) is 11.9 Å². The van der Waals surface area contributed by atoms with E-state index in [1.165, 1.54) is 19.3 Å². The molecular formula is C14H28N2O2. The van der Waals surface area contributed by atoms with Crippen molar-refractivity contribution in [1.82, 2.24) is 10.2 Å². The zero-order valence-electron chi connectivity index (χ0n) is 11.8. The molecule has 1 unspecified atom stereocenters. The van der Waals surface area contributed by atoms with E-state index < -0.39 is 0 Å². The lowest BCUT2D eigenvalue weighted by Crippen LogP contribution is -2.49. The summed E-state index contributed by atoms with van der Waals surface area (Å²) in [5.41, 5.74) is 0. The fourth-order valence-electron chi connectivity index (χ4n) is 2.47. The van der Waals surface area contributed by atoms with Crippen LogP contribution < -0.4 is 5.32 Å². The molecule has 1 aliphatic rings. The number of likely N-dealkylation sites (N-methyl/N-ethyl adjacent to an activating group) is 1. The van der Waals surface area contributed by atoms with Gasteiger partial charge < -0.3 is 15.3 Å². The second kappa shape index (κ2) is 8.48. The number of hydrogen-bond acceptors (Lipinski definition) is 3. The van der Waals surface area contributed by atoms with Crippen LogP contribution in [0.4, 0.5) is 0 Å². The SMILES string of the molecule is CCCCCCC(NC)C(=O)N1CCC(O)CC1. The molecule has 0 aromatic carbocycles. The molecule has 1 saturated heterocycles. The first-order valence-corrected chi connectivity index (χ1v) is 7.33. The van der Waals surface area contributed by atoms with Gasteiger partial charge in [-0.25, -0.2) is 0 Å². The van der Waals surface area contributed by atoms with Crippen LogP contribution in [0.2, 0.25) is 0 Å². The highest BCUT2D eigenvalue weighted by atomic mass is 16.3. The van der Waals surface area contributed by atoms with Gasteiger partial charge in [-0.1, -0.05) is 32.6 Å². The molecule has 1 amide bonds. The van der Waals surface area contributed by atoms with E-state index in [-0.39, 0.29) is 18.1 Å². The minimum Gasteiger partial charge on any atom is -0.393 e. The standard InChI is InChI=1S/C14H28N2O2/c1-3-4-5-6-7-13(15-2)14(18)16-10-8-12(17)9-11-16/h12-13,15,17H,3-11H2,1-2H3. The Morgan fingerprint density at radius 3 is 2.56 bits per heavy atom. The van der Waals surface area contributed by atoms with Gasteiger partial charge in [-0.2, -0.15) is 0 Å². The summed E-state index contributed by atoms with van der Waals surface area (Å²) in [4.78, 5) is 14.2. The number of rotatable bonds is 7. The van der Waals surface area contributed by atoms with E-state index >= 15 is 0 Å². The van der Waals surface area contributed by atoms with Crippen molar-refractivity contribution in [2.24, 2.45) is 0 Å². The summed E-state index contributed by atoms with van der Waals surface area (Å²) in [5, 5.41) is 12.6. The van der Waals surface area contributed by atoms with Gasteiger partial charge >= 0.3 is 0 Å². The summed E-state index contributed by atoms with van der Waals surface area (Å²) >= 11 is 0. The van der Waals surface area contributed by atoms with Crippen LogP contribution in [0.25, 0.3) is 0 Å². The van der Waals surface area contributed by atoms with E-state index in [1.54, 1.807) is 0 Å². The van der Waals surface area contributed by atoms with E-state index in [2.05, 4.69) is 12.2 Å². The number of hydrogen-bond donors (Lipinski definition) is 2. The van der Waals surface area contributed by atoms with E-state index in [0.29, 0.717) is 13.1 Å². The maximum atomic E-state index is 12.3. The zero-order chi connectivity index (χ0) is 13.4. The van der Waals surface area contributed by atoms with Crippen molar-refractivity contribution in [1.29, 1.82) is 0 Å². The van der Waals surface area contributed by atoms with Gasteiger partial charge in [-0.3, -0.25) is 4.79 Å². The number of nitrogens with one attached hydrogen (secondary N) is 1. The first kappa shape index (κ1) is 15.4. The number of unbranched alkanes of at least 4 members (excludes halogenated alkanes) is 3. The molecule has 4 nitrogen and oxygen atoms in total. The number of piperidine rings is 1. The Kier molecular flexibility index (Phi) is 7.28. The maximum Gasteiger partial charge on any atom is 0.239 e. The van der Waals surface area contributed by atoms with Crippen molar-refractivity contribution in [3.05, 3.63) is 0 Å². The lowest BCUT2D eigenvalue weighted by molar-refractivity contribution is -0.135. The number of carbonyl (C=O) groups excluding carboxylic acids is 1. The van der Waals surface area contributed by atoms with E-state index in [0.717, 1.165) is 25.7 Å². The van der Waals surface area contributed by atoms with Crippen LogP contribution in [0.5, 0.6) is 0 Å². The van der Waals surface area contributed by atoms with Gasteiger partial charge in [0.15, 0.2) is 0 Å². The molecule has 4 heteroatoms. The van der Waals surface area contributed by atoms with Gasteiger partial charge in [0.1, 0.15) is 0 Å². The van der Waals surface area contributed by atoms with Gasteiger partial charge in [-0.05, 0) is 26.3 Å². The van der Waals surface area contributed by atoms with Crippen LogP contribution >= 0.6 is 0 Å². The van der Waals surface area contributed by atoms with Crippen LogP contribution in [0.3, 0.4) is 0 Å². The van der Waals surface area contributed by atoms with Gasteiger partial charge in [0.25, 0.3) is 0 Å².